The molecule has 1 aromatic carbocycles. The number of morpholine rings is 1. The van der Waals surface area contributed by atoms with E-state index in [9.17, 15) is 0 Å². The van der Waals surface area contributed by atoms with E-state index in [1.54, 1.807) is 7.05 Å². The number of unbranched alkanes of at least 4 members (excludes halogenated alkanes) is 1. The molecule has 0 radical (unpaired) electrons. The maximum atomic E-state index is 6.09. The average molecular weight is 515 g/mol. The van der Waals surface area contributed by atoms with Crippen LogP contribution in [0.1, 0.15) is 18.4 Å². The van der Waals surface area contributed by atoms with E-state index in [2.05, 4.69) is 20.1 Å². The second-order valence-electron chi connectivity index (χ2n) is 6.24. The second-order valence-corrected chi connectivity index (χ2v) is 7.05. The average Bonchev–Trinajstić information content (AvgIpc) is 2.62. The first-order chi connectivity index (χ1) is 12.1. The predicted octanol–water partition coefficient (Wildman–Crippen LogP) is 3.73. The Balaban J connectivity index is 0.00000338. The third-order valence-corrected chi connectivity index (χ3v) is 5.00. The SMILES string of the molecule is CN=C(NCCCCN1CCOCC1)N(C)Cc1ccc(Cl)c(Cl)c1.I. The molecule has 0 unspecified atom stereocenters. The van der Waals surface area contributed by atoms with Gasteiger partial charge < -0.3 is 15.0 Å². The molecule has 0 bridgehead atoms. The summed E-state index contributed by atoms with van der Waals surface area (Å²) in [5.74, 6) is 0.887. The highest BCUT2D eigenvalue weighted by molar-refractivity contribution is 14.0. The van der Waals surface area contributed by atoms with Crippen LogP contribution in [-0.2, 0) is 11.3 Å². The van der Waals surface area contributed by atoms with Crippen molar-refractivity contribution < 1.29 is 4.74 Å². The maximum absolute atomic E-state index is 6.09. The number of guanidine groups is 1. The molecule has 1 aliphatic heterocycles. The molecular formula is C18H29Cl2IN4O. The van der Waals surface area contributed by atoms with Gasteiger partial charge in [0, 0.05) is 40.3 Å². The van der Waals surface area contributed by atoms with Crippen LogP contribution in [0.25, 0.3) is 0 Å². The zero-order valence-corrected chi connectivity index (χ0v) is 19.4. The van der Waals surface area contributed by atoms with Gasteiger partial charge in [0.15, 0.2) is 5.96 Å². The summed E-state index contributed by atoms with van der Waals surface area (Å²) >= 11 is 12.1. The van der Waals surface area contributed by atoms with Crippen LogP contribution in [0.4, 0.5) is 0 Å². The van der Waals surface area contributed by atoms with Gasteiger partial charge in [-0.25, -0.2) is 0 Å². The monoisotopic (exact) mass is 514 g/mol. The van der Waals surface area contributed by atoms with Crippen molar-refractivity contribution in [2.75, 3.05) is 53.5 Å². The molecule has 0 spiro atoms. The Morgan fingerprint density at radius 3 is 2.62 bits per heavy atom. The molecule has 1 saturated heterocycles. The molecule has 148 valence electrons. The molecule has 0 amide bonds. The highest BCUT2D eigenvalue weighted by Gasteiger charge is 2.10. The van der Waals surface area contributed by atoms with Crippen molar-refractivity contribution >= 4 is 53.1 Å². The number of hydrogen-bond acceptors (Lipinski definition) is 3. The largest absolute Gasteiger partial charge is 0.379 e. The molecule has 1 aliphatic rings. The number of rotatable bonds is 7. The lowest BCUT2D eigenvalue weighted by Gasteiger charge is -2.26. The Kier molecular flexibility index (Phi) is 11.9. The number of halogens is 3. The lowest BCUT2D eigenvalue weighted by Crippen LogP contribution is -2.39. The van der Waals surface area contributed by atoms with E-state index in [0.29, 0.717) is 10.0 Å². The third kappa shape index (κ3) is 8.17. The number of benzene rings is 1. The van der Waals surface area contributed by atoms with Crippen LogP contribution in [-0.4, -0.2) is 69.2 Å². The fourth-order valence-corrected chi connectivity index (χ4v) is 3.18. The molecule has 8 heteroatoms. The summed E-state index contributed by atoms with van der Waals surface area (Å²) in [6.07, 6.45) is 2.30. The van der Waals surface area contributed by atoms with Gasteiger partial charge in [-0.3, -0.25) is 9.89 Å². The van der Waals surface area contributed by atoms with Crippen LogP contribution in [0.3, 0.4) is 0 Å². The Morgan fingerprint density at radius 2 is 1.96 bits per heavy atom. The highest BCUT2D eigenvalue weighted by atomic mass is 127. The van der Waals surface area contributed by atoms with Gasteiger partial charge in [-0.05, 0) is 37.1 Å². The molecule has 1 fully saturated rings. The van der Waals surface area contributed by atoms with Gasteiger partial charge in [0.1, 0.15) is 0 Å². The minimum absolute atomic E-state index is 0. The Hall–Kier alpha value is -0.280. The standard InChI is InChI=1S/C18H28Cl2N4O.HI/c1-21-18(22-7-3-4-8-24-9-11-25-12-10-24)23(2)14-15-5-6-16(19)17(20)13-15;/h5-6,13H,3-4,7-12,14H2,1-2H3,(H,21,22);1H. The molecule has 0 atom stereocenters. The first kappa shape index (κ1) is 23.8. The topological polar surface area (TPSA) is 40.1 Å². The minimum atomic E-state index is 0. The van der Waals surface area contributed by atoms with Gasteiger partial charge in [0.05, 0.1) is 23.3 Å². The van der Waals surface area contributed by atoms with Gasteiger partial charge in [-0.15, -0.1) is 24.0 Å². The number of aliphatic imine (C=N–C) groups is 1. The van der Waals surface area contributed by atoms with E-state index in [0.717, 1.165) is 63.9 Å². The van der Waals surface area contributed by atoms with Crippen molar-refractivity contribution in [1.29, 1.82) is 0 Å². The molecule has 5 nitrogen and oxygen atoms in total. The summed E-state index contributed by atoms with van der Waals surface area (Å²) in [7, 11) is 3.83. The first-order valence-corrected chi connectivity index (χ1v) is 9.51. The molecule has 1 N–H and O–H groups in total. The summed E-state index contributed by atoms with van der Waals surface area (Å²) in [5.41, 5.74) is 1.10. The van der Waals surface area contributed by atoms with Crippen molar-refractivity contribution in [1.82, 2.24) is 15.1 Å². The summed E-state index contributed by atoms with van der Waals surface area (Å²) < 4.78 is 5.37. The smallest absolute Gasteiger partial charge is 0.193 e. The lowest BCUT2D eigenvalue weighted by atomic mass is 10.2. The van der Waals surface area contributed by atoms with Gasteiger partial charge in [0.2, 0.25) is 0 Å². The Bertz CT molecular complexity index is 568. The fraction of sp³-hybridized carbons (Fsp3) is 0.611. The summed E-state index contributed by atoms with van der Waals surface area (Å²) in [6, 6.07) is 5.71. The van der Waals surface area contributed by atoms with Crippen molar-refractivity contribution in [2.24, 2.45) is 4.99 Å². The van der Waals surface area contributed by atoms with Crippen LogP contribution < -0.4 is 5.32 Å². The van der Waals surface area contributed by atoms with Crippen molar-refractivity contribution in [3.8, 4) is 0 Å². The van der Waals surface area contributed by atoms with Gasteiger partial charge in [0.25, 0.3) is 0 Å². The Morgan fingerprint density at radius 1 is 1.23 bits per heavy atom. The second kappa shape index (κ2) is 13.0. The molecule has 2 rings (SSSR count). The molecule has 0 aromatic heterocycles. The molecule has 26 heavy (non-hydrogen) atoms. The van der Waals surface area contributed by atoms with E-state index in [1.165, 1.54) is 6.42 Å². The number of hydrogen-bond donors (Lipinski definition) is 1. The van der Waals surface area contributed by atoms with Crippen LogP contribution in [0, 0.1) is 0 Å². The molecule has 1 heterocycles. The van der Waals surface area contributed by atoms with Gasteiger partial charge in [-0.2, -0.15) is 0 Å². The fourth-order valence-electron chi connectivity index (χ4n) is 2.86. The molecule has 1 aromatic rings. The van der Waals surface area contributed by atoms with E-state index in [4.69, 9.17) is 27.9 Å². The van der Waals surface area contributed by atoms with Crippen LogP contribution >= 0.6 is 47.2 Å². The summed E-state index contributed by atoms with van der Waals surface area (Å²) in [4.78, 5) is 8.91. The number of ether oxygens (including phenoxy) is 1. The van der Waals surface area contributed by atoms with Crippen LogP contribution in [0.15, 0.2) is 23.2 Å². The first-order valence-electron chi connectivity index (χ1n) is 8.76. The quantitative estimate of drug-likeness (QED) is 0.260. The zero-order valence-electron chi connectivity index (χ0n) is 15.5. The minimum Gasteiger partial charge on any atom is -0.379 e. The van der Waals surface area contributed by atoms with Crippen LogP contribution in [0.5, 0.6) is 0 Å². The lowest BCUT2D eigenvalue weighted by molar-refractivity contribution is 0.0372. The molecule has 0 saturated carbocycles. The Labute approximate surface area is 184 Å². The zero-order chi connectivity index (χ0) is 18.1. The van der Waals surface area contributed by atoms with Gasteiger partial charge in [-0.1, -0.05) is 29.3 Å². The van der Waals surface area contributed by atoms with Crippen LogP contribution in [0.2, 0.25) is 10.0 Å². The van der Waals surface area contributed by atoms with E-state index >= 15 is 0 Å². The van der Waals surface area contributed by atoms with Crippen molar-refractivity contribution in [3.05, 3.63) is 33.8 Å². The normalized spacial score (nSPS) is 15.5. The highest BCUT2D eigenvalue weighted by Crippen LogP contribution is 2.23. The van der Waals surface area contributed by atoms with E-state index in [1.807, 2.05) is 25.2 Å². The number of nitrogens with zero attached hydrogens (tertiary/aromatic N) is 3. The molecular weight excluding hydrogens is 486 g/mol. The maximum Gasteiger partial charge on any atom is 0.193 e. The predicted molar refractivity (Wildman–Crippen MR) is 121 cm³/mol. The molecule has 0 aliphatic carbocycles. The third-order valence-electron chi connectivity index (χ3n) is 4.27. The van der Waals surface area contributed by atoms with Crippen molar-refractivity contribution in [2.45, 2.75) is 19.4 Å². The number of nitrogens with one attached hydrogen (secondary N) is 1. The summed E-state index contributed by atoms with van der Waals surface area (Å²) in [6.45, 7) is 6.63. The summed E-state index contributed by atoms with van der Waals surface area (Å²) in [5, 5.41) is 4.59. The van der Waals surface area contributed by atoms with Gasteiger partial charge >= 0.3 is 0 Å². The van der Waals surface area contributed by atoms with Crippen molar-refractivity contribution in [3.63, 3.8) is 0 Å². The van der Waals surface area contributed by atoms with E-state index in [-0.39, 0.29) is 24.0 Å². The van der Waals surface area contributed by atoms with E-state index < -0.39 is 0 Å².